The summed E-state index contributed by atoms with van der Waals surface area (Å²) >= 11 is 5.85. The van der Waals surface area contributed by atoms with E-state index in [-0.39, 0.29) is 18.4 Å². The third kappa shape index (κ3) is 5.77. The van der Waals surface area contributed by atoms with Gasteiger partial charge in [-0.2, -0.15) is 13.2 Å². The molecule has 138 valence electrons. The summed E-state index contributed by atoms with van der Waals surface area (Å²) in [5.74, 6) is -1.93. The lowest BCUT2D eigenvalue weighted by molar-refractivity contribution is -0.141. The molecule has 0 aliphatic rings. The molecule has 0 saturated carbocycles. The molecule has 4 nitrogen and oxygen atoms in total. The number of carboxylic acid groups (broad SMARTS) is 1. The van der Waals surface area contributed by atoms with Crippen molar-refractivity contribution < 1.29 is 27.9 Å². The number of hydrogen-bond donors (Lipinski definition) is 2. The molecule has 0 heterocycles. The molecule has 2 N–H and O–H groups in total. The van der Waals surface area contributed by atoms with Gasteiger partial charge in [-0.3, -0.25) is 4.79 Å². The second-order valence-corrected chi connectivity index (χ2v) is 6.10. The topological polar surface area (TPSA) is 66.4 Å². The predicted molar refractivity (Wildman–Crippen MR) is 89.9 cm³/mol. The zero-order valence-electron chi connectivity index (χ0n) is 13.4. The van der Waals surface area contributed by atoms with Crippen LogP contribution in [0.25, 0.3) is 0 Å². The molecule has 0 unspecified atom stereocenters. The van der Waals surface area contributed by atoms with Gasteiger partial charge in [-0.1, -0.05) is 41.9 Å². The zero-order valence-corrected chi connectivity index (χ0v) is 14.1. The average Bonchev–Trinajstić information content (AvgIpc) is 2.53. The summed E-state index contributed by atoms with van der Waals surface area (Å²) < 4.78 is 38.1. The van der Waals surface area contributed by atoms with E-state index in [0.29, 0.717) is 10.6 Å². The van der Waals surface area contributed by atoms with Crippen LogP contribution in [-0.4, -0.2) is 23.0 Å². The summed E-state index contributed by atoms with van der Waals surface area (Å²) in [4.78, 5) is 23.4. The molecule has 0 radical (unpaired) electrons. The van der Waals surface area contributed by atoms with Gasteiger partial charge in [-0.25, -0.2) is 4.79 Å². The first kappa shape index (κ1) is 19.8. The van der Waals surface area contributed by atoms with Crippen LogP contribution < -0.4 is 5.32 Å². The second-order valence-electron chi connectivity index (χ2n) is 5.67. The van der Waals surface area contributed by atoms with Crippen LogP contribution in [0, 0.1) is 0 Å². The van der Waals surface area contributed by atoms with Crippen LogP contribution in [0.3, 0.4) is 0 Å². The third-order valence-electron chi connectivity index (χ3n) is 3.58. The number of hydrogen-bond acceptors (Lipinski definition) is 2. The van der Waals surface area contributed by atoms with Gasteiger partial charge in [0.1, 0.15) is 6.04 Å². The number of carbonyl (C=O) groups is 2. The number of carbonyl (C=O) groups excluding carboxylic acids is 1. The van der Waals surface area contributed by atoms with Crippen LogP contribution in [-0.2, 0) is 28.6 Å². The Bertz CT molecular complexity index is 808. The molecular weight excluding hydrogens is 371 g/mol. The fourth-order valence-electron chi connectivity index (χ4n) is 2.39. The van der Waals surface area contributed by atoms with Gasteiger partial charge in [0.15, 0.2) is 0 Å². The minimum absolute atomic E-state index is 0.00419. The minimum atomic E-state index is -4.51. The number of halogens is 4. The average molecular weight is 386 g/mol. The van der Waals surface area contributed by atoms with Crippen molar-refractivity contribution in [1.29, 1.82) is 0 Å². The van der Waals surface area contributed by atoms with E-state index in [1.807, 2.05) is 0 Å². The van der Waals surface area contributed by atoms with Crippen LogP contribution in [0.4, 0.5) is 13.2 Å². The normalized spacial score (nSPS) is 12.5. The highest BCUT2D eigenvalue weighted by Gasteiger charge is 2.30. The quantitative estimate of drug-likeness (QED) is 0.796. The number of aliphatic carboxylic acids is 1. The summed E-state index contributed by atoms with van der Waals surface area (Å²) in [6.07, 6.45) is -4.86. The van der Waals surface area contributed by atoms with E-state index in [9.17, 15) is 27.9 Å². The fourth-order valence-corrected chi connectivity index (χ4v) is 2.60. The van der Waals surface area contributed by atoms with Crippen molar-refractivity contribution in [3.8, 4) is 0 Å². The SMILES string of the molecule is O=C(Cc1cccc(C(F)(F)F)c1)N[C@H](Cc1cccc(Cl)c1)C(=O)O. The molecule has 8 heteroatoms. The monoisotopic (exact) mass is 385 g/mol. The van der Waals surface area contributed by atoms with E-state index in [0.717, 1.165) is 12.1 Å². The van der Waals surface area contributed by atoms with Crippen molar-refractivity contribution in [3.63, 3.8) is 0 Å². The molecule has 0 spiro atoms. The minimum Gasteiger partial charge on any atom is -0.480 e. The van der Waals surface area contributed by atoms with Gasteiger partial charge in [-0.05, 0) is 29.3 Å². The Morgan fingerprint density at radius 3 is 2.35 bits per heavy atom. The summed E-state index contributed by atoms with van der Waals surface area (Å²) in [5, 5.41) is 12.0. The Hall–Kier alpha value is -2.54. The van der Waals surface area contributed by atoms with Crippen molar-refractivity contribution in [2.45, 2.75) is 25.1 Å². The van der Waals surface area contributed by atoms with Gasteiger partial charge in [0.05, 0.1) is 12.0 Å². The smallest absolute Gasteiger partial charge is 0.416 e. The highest BCUT2D eigenvalue weighted by Crippen LogP contribution is 2.29. The van der Waals surface area contributed by atoms with Gasteiger partial charge >= 0.3 is 12.1 Å². The van der Waals surface area contributed by atoms with Gasteiger partial charge in [-0.15, -0.1) is 0 Å². The van der Waals surface area contributed by atoms with Gasteiger partial charge in [0.2, 0.25) is 5.91 Å². The van der Waals surface area contributed by atoms with E-state index in [1.54, 1.807) is 24.3 Å². The fraction of sp³-hybridized carbons (Fsp3) is 0.222. The van der Waals surface area contributed by atoms with Crippen molar-refractivity contribution in [1.82, 2.24) is 5.32 Å². The molecule has 26 heavy (non-hydrogen) atoms. The lowest BCUT2D eigenvalue weighted by atomic mass is 10.0. The van der Waals surface area contributed by atoms with Gasteiger partial charge in [0.25, 0.3) is 0 Å². The Morgan fingerprint density at radius 2 is 1.73 bits per heavy atom. The number of carboxylic acids is 1. The maximum Gasteiger partial charge on any atom is 0.416 e. The maximum atomic E-state index is 12.7. The van der Waals surface area contributed by atoms with Crippen LogP contribution in [0.2, 0.25) is 5.02 Å². The molecule has 2 aromatic carbocycles. The standard InChI is InChI=1S/C18H15ClF3NO3/c19-14-6-2-4-12(8-14)9-15(17(25)26)23-16(24)10-11-3-1-5-13(7-11)18(20,21)22/h1-8,15H,9-10H2,(H,23,24)(H,25,26)/t15-/m1/s1. The summed E-state index contributed by atoms with van der Waals surface area (Å²) in [6, 6.07) is 9.66. The van der Waals surface area contributed by atoms with E-state index in [2.05, 4.69) is 5.32 Å². The van der Waals surface area contributed by atoms with E-state index < -0.39 is 29.7 Å². The van der Waals surface area contributed by atoms with Gasteiger partial charge < -0.3 is 10.4 Å². The summed E-state index contributed by atoms with van der Waals surface area (Å²) in [5.41, 5.74) is -0.106. The van der Waals surface area contributed by atoms with Crippen molar-refractivity contribution in [3.05, 3.63) is 70.2 Å². The largest absolute Gasteiger partial charge is 0.480 e. The molecule has 2 rings (SSSR count). The molecule has 0 bridgehead atoms. The Morgan fingerprint density at radius 1 is 1.08 bits per heavy atom. The Labute approximate surface area is 152 Å². The predicted octanol–water partition coefficient (Wildman–Crippen LogP) is 3.71. The molecule has 0 aromatic heterocycles. The number of amides is 1. The first-order chi connectivity index (χ1) is 12.1. The van der Waals surface area contributed by atoms with Crippen molar-refractivity contribution >= 4 is 23.5 Å². The van der Waals surface area contributed by atoms with E-state index in [1.165, 1.54) is 12.1 Å². The summed E-state index contributed by atoms with van der Waals surface area (Å²) in [7, 11) is 0. The van der Waals surface area contributed by atoms with Crippen LogP contribution >= 0.6 is 11.6 Å². The number of rotatable bonds is 6. The first-order valence-corrected chi connectivity index (χ1v) is 7.95. The second kappa shape index (κ2) is 8.23. The third-order valence-corrected chi connectivity index (χ3v) is 3.82. The highest BCUT2D eigenvalue weighted by molar-refractivity contribution is 6.30. The van der Waals surface area contributed by atoms with Gasteiger partial charge in [0, 0.05) is 11.4 Å². The Kier molecular flexibility index (Phi) is 6.26. The molecule has 2 aromatic rings. The molecule has 0 saturated heterocycles. The number of benzene rings is 2. The molecule has 0 fully saturated rings. The van der Waals surface area contributed by atoms with Crippen molar-refractivity contribution in [2.24, 2.45) is 0 Å². The van der Waals surface area contributed by atoms with E-state index >= 15 is 0 Å². The zero-order chi connectivity index (χ0) is 19.3. The van der Waals surface area contributed by atoms with Crippen LogP contribution in [0.1, 0.15) is 16.7 Å². The number of alkyl halides is 3. The molecule has 0 aliphatic carbocycles. The van der Waals surface area contributed by atoms with Crippen molar-refractivity contribution in [2.75, 3.05) is 0 Å². The molecule has 0 aliphatic heterocycles. The lowest BCUT2D eigenvalue weighted by Gasteiger charge is -2.15. The molecular formula is C18H15ClF3NO3. The number of nitrogens with one attached hydrogen (secondary N) is 1. The molecule has 1 amide bonds. The first-order valence-electron chi connectivity index (χ1n) is 7.58. The Balaban J connectivity index is 2.05. The summed E-state index contributed by atoms with van der Waals surface area (Å²) in [6.45, 7) is 0. The highest BCUT2D eigenvalue weighted by atomic mass is 35.5. The van der Waals surface area contributed by atoms with Crippen LogP contribution in [0.15, 0.2) is 48.5 Å². The maximum absolute atomic E-state index is 12.7. The lowest BCUT2D eigenvalue weighted by Crippen LogP contribution is -2.43. The molecule has 1 atom stereocenters. The van der Waals surface area contributed by atoms with Crippen LogP contribution in [0.5, 0.6) is 0 Å². The van der Waals surface area contributed by atoms with E-state index in [4.69, 9.17) is 11.6 Å².